The van der Waals surface area contributed by atoms with Gasteiger partial charge in [0.15, 0.2) is 11.9 Å². The molecule has 0 bridgehead atoms. The second-order valence-corrected chi connectivity index (χ2v) is 5.60. The lowest BCUT2D eigenvalue weighted by molar-refractivity contribution is -0.154. The van der Waals surface area contributed by atoms with E-state index in [2.05, 4.69) is 15.5 Å². The third-order valence-corrected chi connectivity index (χ3v) is 3.73. The van der Waals surface area contributed by atoms with Crippen molar-refractivity contribution < 1.29 is 18.0 Å². The van der Waals surface area contributed by atoms with Gasteiger partial charge in [-0.1, -0.05) is 30.3 Å². The molecular weight excluding hydrogens is 323 g/mol. The van der Waals surface area contributed by atoms with Crippen LogP contribution in [0.5, 0.6) is 0 Å². The minimum Gasteiger partial charge on any atom is -0.331 e. The van der Waals surface area contributed by atoms with Crippen molar-refractivity contribution in [2.75, 3.05) is 0 Å². The molecule has 1 saturated carbocycles. The highest BCUT2D eigenvalue weighted by molar-refractivity contribution is 5.74. The summed E-state index contributed by atoms with van der Waals surface area (Å²) < 4.78 is 41.4. The van der Waals surface area contributed by atoms with Gasteiger partial charge in [0, 0.05) is 6.04 Å². The van der Waals surface area contributed by atoms with Crippen molar-refractivity contribution in [3.8, 4) is 0 Å². The Balaban J connectivity index is 1.62. The number of nitrogens with zero attached hydrogens (tertiary/aromatic N) is 3. The van der Waals surface area contributed by atoms with E-state index in [9.17, 15) is 18.0 Å². The predicted octanol–water partition coefficient (Wildman–Crippen LogP) is 2.72. The highest BCUT2D eigenvalue weighted by Gasteiger charge is 2.41. The smallest absolute Gasteiger partial charge is 0.331 e. The van der Waals surface area contributed by atoms with Gasteiger partial charge in [0.1, 0.15) is 6.33 Å². The Bertz CT molecular complexity index is 697. The number of carbonyl (C=O) groups excluding carboxylic acids is 1. The topological polar surface area (TPSA) is 71.8 Å². The lowest BCUT2D eigenvalue weighted by Gasteiger charge is -2.22. The van der Waals surface area contributed by atoms with Crippen molar-refractivity contribution in [3.63, 3.8) is 0 Å². The van der Waals surface area contributed by atoms with Crippen LogP contribution in [0, 0.1) is 0 Å². The summed E-state index contributed by atoms with van der Waals surface area (Å²) in [5.74, 6) is 0.524. The summed E-state index contributed by atoms with van der Waals surface area (Å²) in [7, 11) is 0. The Kier molecular flexibility index (Phi) is 4.41. The fourth-order valence-corrected chi connectivity index (χ4v) is 2.39. The van der Waals surface area contributed by atoms with E-state index >= 15 is 0 Å². The summed E-state index contributed by atoms with van der Waals surface area (Å²) in [5, 5.41) is 12.0. The van der Waals surface area contributed by atoms with Gasteiger partial charge in [0.2, 0.25) is 0 Å². The molecule has 128 valence electrons. The second-order valence-electron chi connectivity index (χ2n) is 5.60. The standard InChI is InChI=1S/C15H16F3N5O/c16-15(17,18)13(10-4-2-1-3-5-10)21-14(24)19-8-12-22-20-9-23(12)11-6-7-11/h1-5,9,11,13H,6-8H2,(H2,19,21,24)/t13-/m0/s1. The van der Waals surface area contributed by atoms with E-state index in [0.29, 0.717) is 11.9 Å². The van der Waals surface area contributed by atoms with Crippen LogP contribution >= 0.6 is 0 Å². The second kappa shape index (κ2) is 6.50. The molecule has 0 aliphatic heterocycles. The largest absolute Gasteiger partial charge is 0.412 e. The van der Waals surface area contributed by atoms with Gasteiger partial charge in [0.25, 0.3) is 0 Å². The maximum atomic E-state index is 13.2. The zero-order chi connectivity index (χ0) is 17.2. The monoisotopic (exact) mass is 339 g/mol. The van der Waals surface area contributed by atoms with Crippen LogP contribution in [-0.2, 0) is 6.54 Å². The number of amides is 2. The lowest BCUT2D eigenvalue weighted by Crippen LogP contribution is -2.43. The van der Waals surface area contributed by atoms with Crippen LogP contribution in [0.15, 0.2) is 36.7 Å². The molecule has 1 aliphatic carbocycles. The first-order valence-electron chi connectivity index (χ1n) is 7.49. The first-order valence-corrected chi connectivity index (χ1v) is 7.49. The Labute approximate surface area is 136 Å². The summed E-state index contributed by atoms with van der Waals surface area (Å²) in [6.45, 7) is 0.0156. The van der Waals surface area contributed by atoms with E-state index in [0.717, 1.165) is 12.8 Å². The number of urea groups is 1. The Morgan fingerprint density at radius 1 is 1.29 bits per heavy atom. The first-order chi connectivity index (χ1) is 11.4. The number of benzene rings is 1. The van der Waals surface area contributed by atoms with Crippen molar-refractivity contribution >= 4 is 6.03 Å². The zero-order valence-corrected chi connectivity index (χ0v) is 12.6. The maximum absolute atomic E-state index is 13.2. The number of nitrogens with one attached hydrogen (secondary N) is 2. The van der Waals surface area contributed by atoms with E-state index < -0.39 is 18.2 Å². The molecule has 0 saturated heterocycles. The van der Waals surface area contributed by atoms with Crippen molar-refractivity contribution in [2.45, 2.75) is 37.6 Å². The van der Waals surface area contributed by atoms with Crippen LogP contribution < -0.4 is 10.6 Å². The molecule has 0 unspecified atom stereocenters. The number of rotatable bonds is 5. The Morgan fingerprint density at radius 2 is 2.00 bits per heavy atom. The van der Waals surface area contributed by atoms with Crippen LogP contribution in [0.4, 0.5) is 18.0 Å². The summed E-state index contributed by atoms with van der Waals surface area (Å²) in [6, 6.07) is 4.59. The molecule has 1 atom stereocenters. The highest BCUT2D eigenvalue weighted by Crippen LogP contribution is 2.35. The van der Waals surface area contributed by atoms with Gasteiger partial charge in [-0.15, -0.1) is 10.2 Å². The summed E-state index contributed by atoms with van der Waals surface area (Å²) >= 11 is 0. The minimum atomic E-state index is -4.59. The number of halogens is 3. The van der Waals surface area contributed by atoms with E-state index in [1.807, 2.05) is 9.88 Å². The molecule has 2 amide bonds. The first kappa shape index (κ1) is 16.3. The molecule has 24 heavy (non-hydrogen) atoms. The molecule has 6 nitrogen and oxygen atoms in total. The highest BCUT2D eigenvalue weighted by atomic mass is 19.4. The Hall–Kier alpha value is -2.58. The Morgan fingerprint density at radius 3 is 2.62 bits per heavy atom. The number of aromatic nitrogens is 3. The van der Waals surface area contributed by atoms with E-state index in [1.54, 1.807) is 12.4 Å². The molecule has 1 fully saturated rings. The zero-order valence-electron chi connectivity index (χ0n) is 12.6. The van der Waals surface area contributed by atoms with Crippen molar-refractivity contribution in [3.05, 3.63) is 48.0 Å². The van der Waals surface area contributed by atoms with E-state index in [4.69, 9.17) is 0 Å². The number of hydrogen-bond acceptors (Lipinski definition) is 3. The van der Waals surface area contributed by atoms with Crippen molar-refractivity contribution in [1.29, 1.82) is 0 Å². The molecule has 0 radical (unpaired) electrons. The normalized spacial score (nSPS) is 15.8. The van der Waals surface area contributed by atoms with Crippen LogP contribution in [0.2, 0.25) is 0 Å². The lowest BCUT2D eigenvalue weighted by atomic mass is 10.1. The molecule has 2 aromatic rings. The third-order valence-electron chi connectivity index (χ3n) is 3.73. The fraction of sp³-hybridized carbons (Fsp3) is 0.400. The number of alkyl halides is 3. The number of carbonyl (C=O) groups is 1. The molecule has 1 aromatic heterocycles. The van der Waals surface area contributed by atoms with Crippen LogP contribution in [0.3, 0.4) is 0 Å². The molecule has 2 N–H and O–H groups in total. The predicted molar refractivity (Wildman–Crippen MR) is 78.9 cm³/mol. The third kappa shape index (κ3) is 3.84. The van der Waals surface area contributed by atoms with Crippen LogP contribution in [0.25, 0.3) is 0 Å². The average Bonchev–Trinajstić information content (AvgIpc) is 3.28. The molecule has 3 rings (SSSR count). The van der Waals surface area contributed by atoms with Crippen molar-refractivity contribution in [1.82, 2.24) is 25.4 Å². The van der Waals surface area contributed by atoms with E-state index in [1.165, 1.54) is 24.3 Å². The maximum Gasteiger partial charge on any atom is 0.412 e. The van der Waals surface area contributed by atoms with Gasteiger partial charge < -0.3 is 15.2 Å². The molecular formula is C15H16F3N5O. The fourth-order valence-electron chi connectivity index (χ4n) is 2.39. The van der Waals surface area contributed by atoms with Gasteiger partial charge >= 0.3 is 12.2 Å². The summed E-state index contributed by atoms with van der Waals surface area (Å²) in [6.07, 6.45) is -0.995. The molecule has 1 aliphatic rings. The van der Waals surface area contributed by atoms with Crippen molar-refractivity contribution in [2.24, 2.45) is 0 Å². The minimum absolute atomic E-state index is 0.0156. The molecule has 1 heterocycles. The van der Waals surface area contributed by atoms with Gasteiger partial charge in [0.05, 0.1) is 6.54 Å². The van der Waals surface area contributed by atoms with Gasteiger partial charge in [-0.3, -0.25) is 0 Å². The molecule has 9 heteroatoms. The van der Waals surface area contributed by atoms with Gasteiger partial charge in [-0.25, -0.2) is 4.79 Å². The van der Waals surface area contributed by atoms with Gasteiger partial charge in [-0.2, -0.15) is 13.2 Å². The quantitative estimate of drug-likeness (QED) is 0.880. The van der Waals surface area contributed by atoms with E-state index in [-0.39, 0.29) is 12.1 Å². The van der Waals surface area contributed by atoms with Crippen LogP contribution in [0.1, 0.15) is 36.3 Å². The number of hydrogen-bond donors (Lipinski definition) is 2. The molecule has 0 spiro atoms. The average molecular weight is 339 g/mol. The van der Waals surface area contributed by atoms with Gasteiger partial charge in [-0.05, 0) is 18.4 Å². The molecule has 1 aromatic carbocycles. The summed E-state index contributed by atoms with van der Waals surface area (Å²) in [5.41, 5.74) is -0.0266. The van der Waals surface area contributed by atoms with Crippen LogP contribution in [-0.4, -0.2) is 27.0 Å². The summed E-state index contributed by atoms with van der Waals surface area (Å²) in [4.78, 5) is 11.9. The SMILES string of the molecule is O=C(NCc1nncn1C1CC1)N[C@@H](c1ccccc1)C(F)(F)F.